The van der Waals surface area contributed by atoms with E-state index in [0.717, 1.165) is 27.8 Å². The van der Waals surface area contributed by atoms with Crippen LogP contribution in [0, 0.1) is 0 Å². The minimum atomic E-state index is 0.392. The van der Waals surface area contributed by atoms with Crippen LogP contribution in [0.1, 0.15) is 19.9 Å². The highest BCUT2D eigenvalue weighted by atomic mass is 15.2. The van der Waals surface area contributed by atoms with Crippen molar-refractivity contribution in [3.8, 4) is 0 Å². The predicted molar refractivity (Wildman–Crippen MR) is 87.3 cm³/mol. The summed E-state index contributed by atoms with van der Waals surface area (Å²) in [6.45, 7) is 4.30. The number of fused-ring (bicyclic) bond motifs is 2. The molecule has 110 valence electrons. The molecular formula is C16H16N6. The van der Waals surface area contributed by atoms with E-state index in [-0.39, 0.29) is 0 Å². The normalized spacial score (nSPS) is 11.6. The van der Waals surface area contributed by atoms with E-state index in [9.17, 15) is 0 Å². The number of hydrogen-bond donors (Lipinski definition) is 2. The number of rotatable bonds is 3. The minimum absolute atomic E-state index is 0.392. The summed E-state index contributed by atoms with van der Waals surface area (Å²) >= 11 is 0. The van der Waals surface area contributed by atoms with Gasteiger partial charge in [0, 0.05) is 23.8 Å². The molecule has 0 bridgehead atoms. The average molecular weight is 292 g/mol. The van der Waals surface area contributed by atoms with Crippen LogP contribution in [0.3, 0.4) is 0 Å². The molecule has 4 aromatic rings. The van der Waals surface area contributed by atoms with Crippen LogP contribution in [0.2, 0.25) is 0 Å². The molecule has 0 saturated carbocycles. The molecule has 0 amide bonds. The van der Waals surface area contributed by atoms with E-state index in [1.54, 1.807) is 6.20 Å². The van der Waals surface area contributed by atoms with Crippen LogP contribution in [0.5, 0.6) is 0 Å². The highest BCUT2D eigenvalue weighted by Gasteiger charge is 2.09. The van der Waals surface area contributed by atoms with Gasteiger partial charge in [-0.15, -0.1) is 0 Å². The summed E-state index contributed by atoms with van der Waals surface area (Å²) in [6, 6.07) is 8.37. The minimum Gasteiger partial charge on any atom is -0.336 e. The van der Waals surface area contributed by atoms with Crippen LogP contribution in [0.25, 0.3) is 22.1 Å². The highest BCUT2D eigenvalue weighted by Crippen LogP contribution is 2.25. The first-order chi connectivity index (χ1) is 10.7. The molecule has 0 aliphatic heterocycles. The Morgan fingerprint density at radius 2 is 2.14 bits per heavy atom. The summed E-state index contributed by atoms with van der Waals surface area (Å²) in [5.41, 5.74) is 3.62. The monoisotopic (exact) mass is 292 g/mol. The molecule has 2 N–H and O–H groups in total. The Morgan fingerprint density at radius 3 is 3.00 bits per heavy atom. The summed E-state index contributed by atoms with van der Waals surface area (Å²) in [4.78, 5) is 8.91. The molecule has 6 heteroatoms. The molecule has 0 radical (unpaired) electrons. The van der Waals surface area contributed by atoms with E-state index < -0.39 is 0 Å². The second-order valence-corrected chi connectivity index (χ2v) is 5.55. The Bertz CT molecular complexity index is 950. The Kier molecular flexibility index (Phi) is 2.82. The lowest BCUT2D eigenvalue weighted by molar-refractivity contribution is 0.618. The smallest absolute Gasteiger partial charge is 0.178 e. The number of aromatic nitrogens is 5. The first-order valence-corrected chi connectivity index (χ1v) is 7.25. The molecule has 4 aromatic heterocycles. The van der Waals surface area contributed by atoms with Gasteiger partial charge in [0.15, 0.2) is 5.82 Å². The second-order valence-electron chi connectivity index (χ2n) is 5.55. The van der Waals surface area contributed by atoms with Gasteiger partial charge in [0.2, 0.25) is 0 Å². The lowest BCUT2D eigenvalue weighted by Gasteiger charge is -2.09. The molecule has 0 spiro atoms. The van der Waals surface area contributed by atoms with Gasteiger partial charge in [-0.3, -0.25) is 10.1 Å². The van der Waals surface area contributed by atoms with Crippen LogP contribution in [0.15, 0.2) is 42.9 Å². The van der Waals surface area contributed by atoms with E-state index in [1.165, 1.54) is 0 Å². The first kappa shape index (κ1) is 12.8. The van der Waals surface area contributed by atoms with Crippen LogP contribution in [0.4, 0.5) is 11.5 Å². The van der Waals surface area contributed by atoms with Crippen molar-refractivity contribution in [2.24, 2.45) is 0 Å². The van der Waals surface area contributed by atoms with Crippen molar-refractivity contribution in [3.05, 3.63) is 42.9 Å². The number of pyridine rings is 2. The van der Waals surface area contributed by atoms with Gasteiger partial charge in [-0.1, -0.05) is 0 Å². The third-order valence-electron chi connectivity index (χ3n) is 3.69. The van der Waals surface area contributed by atoms with Crippen molar-refractivity contribution in [2.45, 2.75) is 19.9 Å². The number of nitrogens with zero attached hydrogens (tertiary/aromatic N) is 4. The maximum atomic E-state index is 4.57. The summed E-state index contributed by atoms with van der Waals surface area (Å²) < 4.78 is 2.16. The standard InChI is InChI=1S/C16H16N6/c1-10(2)22-7-5-11-8-12(9-18-16(11)22)19-15-14-13(20-21-15)4-3-6-17-14/h3-10H,1-2H3,(H2,19,20,21). The molecule has 22 heavy (non-hydrogen) atoms. The molecule has 0 atom stereocenters. The quantitative estimate of drug-likeness (QED) is 0.605. The molecular weight excluding hydrogens is 276 g/mol. The zero-order valence-electron chi connectivity index (χ0n) is 12.4. The zero-order chi connectivity index (χ0) is 15.1. The van der Waals surface area contributed by atoms with Crippen LogP contribution in [-0.4, -0.2) is 24.7 Å². The molecule has 0 aliphatic rings. The first-order valence-electron chi connectivity index (χ1n) is 7.25. The summed E-state index contributed by atoms with van der Waals surface area (Å²) in [5.74, 6) is 0.708. The van der Waals surface area contributed by atoms with Crippen molar-refractivity contribution < 1.29 is 0 Å². The highest BCUT2D eigenvalue weighted by molar-refractivity contribution is 5.88. The third kappa shape index (κ3) is 2.00. The number of nitrogens with one attached hydrogen (secondary N) is 2. The SMILES string of the molecule is CC(C)n1ccc2cc(Nc3n[nH]c4cccnc34)cnc21. The summed E-state index contributed by atoms with van der Waals surface area (Å²) in [5, 5.41) is 11.6. The molecule has 0 aromatic carbocycles. The van der Waals surface area contributed by atoms with Gasteiger partial charge in [-0.2, -0.15) is 5.10 Å². The topological polar surface area (TPSA) is 71.4 Å². The maximum Gasteiger partial charge on any atom is 0.178 e. The van der Waals surface area contributed by atoms with E-state index in [4.69, 9.17) is 0 Å². The zero-order valence-corrected chi connectivity index (χ0v) is 12.4. The largest absolute Gasteiger partial charge is 0.336 e. The lowest BCUT2D eigenvalue weighted by Crippen LogP contribution is -2.00. The number of anilines is 2. The molecule has 6 nitrogen and oxygen atoms in total. The van der Waals surface area contributed by atoms with Gasteiger partial charge in [0.1, 0.15) is 11.2 Å². The third-order valence-corrected chi connectivity index (χ3v) is 3.69. The summed E-state index contributed by atoms with van der Waals surface area (Å²) in [7, 11) is 0. The van der Waals surface area contributed by atoms with Gasteiger partial charge in [0.25, 0.3) is 0 Å². The predicted octanol–water partition coefficient (Wildman–Crippen LogP) is 3.63. The van der Waals surface area contributed by atoms with E-state index in [2.05, 4.69) is 62.2 Å². The van der Waals surface area contributed by atoms with E-state index in [0.29, 0.717) is 11.9 Å². The molecule has 4 heterocycles. The van der Waals surface area contributed by atoms with Crippen molar-refractivity contribution in [1.82, 2.24) is 24.7 Å². The van der Waals surface area contributed by atoms with Crippen LogP contribution in [-0.2, 0) is 0 Å². The maximum absolute atomic E-state index is 4.57. The molecule has 0 unspecified atom stereocenters. The molecule has 4 rings (SSSR count). The van der Waals surface area contributed by atoms with Gasteiger partial charge in [-0.05, 0) is 38.1 Å². The molecule has 0 fully saturated rings. The van der Waals surface area contributed by atoms with Crippen molar-refractivity contribution in [2.75, 3.05) is 5.32 Å². The van der Waals surface area contributed by atoms with Crippen molar-refractivity contribution in [1.29, 1.82) is 0 Å². The number of hydrogen-bond acceptors (Lipinski definition) is 4. The average Bonchev–Trinajstić information content (AvgIpc) is 3.11. The lowest BCUT2D eigenvalue weighted by atomic mass is 10.3. The number of aromatic amines is 1. The second kappa shape index (κ2) is 4.84. The van der Waals surface area contributed by atoms with Gasteiger partial charge < -0.3 is 9.88 Å². The molecule has 0 saturated heterocycles. The van der Waals surface area contributed by atoms with Crippen molar-refractivity contribution >= 4 is 33.6 Å². The Balaban J connectivity index is 1.72. The van der Waals surface area contributed by atoms with E-state index in [1.807, 2.05) is 18.3 Å². The summed E-state index contributed by atoms with van der Waals surface area (Å²) in [6.07, 6.45) is 5.65. The van der Waals surface area contributed by atoms with E-state index >= 15 is 0 Å². The van der Waals surface area contributed by atoms with Crippen molar-refractivity contribution in [3.63, 3.8) is 0 Å². The van der Waals surface area contributed by atoms with Crippen LogP contribution >= 0.6 is 0 Å². The fraction of sp³-hybridized carbons (Fsp3) is 0.188. The fourth-order valence-electron chi connectivity index (χ4n) is 2.61. The Labute approximate surface area is 127 Å². The Hall–Kier alpha value is -2.89. The fourth-order valence-corrected chi connectivity index (χ4v) is 2.61. The molecule has 0 aliphatic carbocycles. The van der Waals surface area contributed by atoms with Gasteiger partial charge in [-0.25, -0.2) is 4.98 Å². The van der Waals surface area contributed by atoms with Gasteiger partial charge >= 0.3 is 0 Å². The Morgan fingerprint density at radius 1 is 1.23 bits per heavy atom. The van der Waals surface area contributed by atoms with Gasteiger partial charge in [0.05, 0.1) is 17.4 Å². The number of H-pyrrole nitrogens is 1. The van der Waals surface area contributed by atoms with Crippen LogP contribution < -0.4 is 5.32 Å².